The van der Waals surface area contributed by atoms with Crippen molar-refractivity contribution in [2.45, 2.75) is 37.6 Å². The molecular formula is C17H24ClN3O3S. The fourth-order valence-corrected chi connectivity index (χ4v) is 4.41. The van der Waals surface area contributed by atoms with Crippen LogP contribution in [0.5, 0.6) is 0 Å². The second-order valence-electron chi connectivity index (χ2n) is 6.82. The number of benzene rings is 1. The van der Waals surface area contributed by atoms with Gasteiger partial charge in [-0.1, -0.05) is 31.1 Å². The first-order valence-corrected chi connectivity index (χ1v) is 9.62. The van der Waals surface area contributed by atoms with Gasteiger partial charge < -0.3 is 9.84 Å². The Bertz CT molecular complexity index is 791. The summed E-state index contributed by atoms with van der Waals surface area (Å²) in [6.07, 6.45) is 3.70. The summed E-state index contributed by atoms with van der Waals surface area (Å²) in [7, 11) is -3.64. The van der Waals surface area contributed by atoms with E-state index in [-0.39, 0.29) is 28.8 Å². The molecule has 1 saturated heterocycles. The third-order valence-electron chi connectivity index (χ3n) is 4.69. The van der Waals surface area contributed by atoms with Gasteiger partial charge in [0, 0.05) is 24.2 Å². The maximum Gasteiger partial charge on any atom is 0.241 e. The first kappa shape index (κ1) is 19.9. The molecule has 1 unspecified atom stereocenters. The van der Waals surface area contributed by atoms with Crippen molar-refractivity contribution in [3.05, 3.63) is 36.5 Å². The summed E-state index contributed by atoms with van der Waals surface area (Å²) in [5, 5.41) is 7.08. The van der Waals surface area contributed by atoms with Crippen molar-refractivity contribution in [2.24, 2.45) is 5.41 Å². The monoisotopic (exact) mass is 385 g/mol. The van der Waals surface area contributed by atoms with Crippen LogP contribution in [-0.2, 0) is 10.0 Å². The zero-order valence-corrected chi connectivity index (χ0v) is 16.0. The van der Waals surface area contributed by atoms with E-state index in [1.54, 1.807) is 30.3 Å². The van der Waals surface area contributed by atoms with Crippen LogP contribution in [0.2, 0.25) is 0 Å². The minimum Gasteiger partial charge on any atom is -0.356 e. The average molecular weight is 386 g/mol. The highest BCUT2D eigenvalue weighted by molar-refractivity contribution is 7.89. The average Bonchev–Trinajstić information content (AvgIpc) is 3.08. The van der Waals surface area contributed by atoms with Gasteiger partial charge in [-0.3, -0.25) is 0 Å². The minimum atomic E-state index is -3.64. The first-order valence-electron chi connectivity index (χ1n) is 8.13. The van der Waals surface area contributed by atoms with E-state index in [1.165, 1.54) is 6.20 Å². The van der Waals surface area contributed by atoms with E-state index in [9.17, 15) is 8.42 Å². The van der Waals surface area contributed by atoms with Crippen LogP contribution >= 0.6 is 12.4 Å². The highest BCUT2D eigenvalue weighted by Gasteiger charge is 2.33. The van der Waals surface area contributed by atoms with E-state index >= 15 is 0 Å². The van der Waals surface area contributed by atoms with E-state index < -0.39 is 10.0 Å². The lowest BCUT2D eigenvalue weighted by Gasteiger charge is -2.39. The predicted molar refractivity (Wildman–Crippen MR) is 99.2 cm³/mol. The number of hydrogen-bond donors (Lipinski definition) is 2. The van der Waals surface area contributed by atoms with Crippen molar-refractivity contribution < 1.29 is 12.9 Å². The van der Waals surface area contributed by atoms with Crippen molar-refractivity contribution in [1.29, 1.82) is 0 Å². The molecule has 0 spiro atoms. The highest BCUT2D eigenvalue weighted by Crippen LogP contribution is 2.30. The van der Waals surface area contributed by atoms with Gasteiger partial charge in [-0.05, 0) is 36.9 Å². The molecule has 6 nitrogen and oxygen atoms in total. The van der Waals surface area contributed by atoms with Gasteiger partial charge in [0.15, 0.2) is 5.76 Å². The number of hydrogen-bond acceptors (Lipinski definition) is 5. The first-order chi connectivity index (χ1) is 11.4. The van der Waals surface area contributed by atoms with Crippen LogP contribution in [-0.4, -0.2) is 32.7 Å². The molecule has 2 N–H and O–H groups in total. The van der Waals surface area contributed by atoms with Crippen LogP contribution in [0.15, 0.2) is 45.9 Å². The smallest absolute Gasteiger partial charge is 0.241 e. The molecule has 0 saturated carbocycles. The second kappa shape index (κ2) is 7.86. The molecule has 1 aromatic heterocycles. The Morgan fingerprint density at radius 3 is 2.76 bits per heavy atom. The van der Waals surface area contributed by atoms with E-state index in [4.69, 9.17) is 4.52 Å². The van der Waals surface area contributed by atoms with E-state index in [1.807, 2.05) is 0 Å². The number of halogens is 1. The summed E-state index contributed by atoms with van der Waals surface area (Å²) < 4.78 is 33.5. The molecule has 25 heavy (non-hydrogen) atoms. The Morgan fingerprint density at radius 1 is 1.32 bits per heavy atom. The summed E-state index contributed by atoms with van der Waals surface area (Å²) in [4.78, 5) is 0.204. The van der Waals surface area contributed by atoms with Crippen molar-refractivity contribution in [3.63, 3.8) is 0 Å². The Balaban J connectivity index is 0.00000225. The summed E-state index contributed by atoms with van der Waals surface area (Å²) in [5.74, 6) is 0.437. The van der Waals surface area contributed by atoms with Crippen molar-refractivity contribution >= 4 is 22.4 Å². The van der Waals surface area contributed by atoms with Crippen LogP contribution in [0.1, 0.15) is 26.7 Å². The van der Waals surface area contributed by atoms with Gasteiger partial charge in [-0.25, -0.2) is 13.1 Å². The number of sulfonamides is 1. The van der Waals surface area contributed by atoms with Gasteiger partial charge >= 0.3 is 0 Å². The van der Waals surface area contributed by atoms with Gasteiger partial charge in [0.25, 0.3) is 0 Å². The van der Waals surface area contributed by atoms with Crippen LogP contribution in [0.25, 0.3) is 11.3 Å². The Kier molecular flexibility index (Phi) is 6.26. The summed E-state index contributed by atoms with van der Waals surface area (Å²) in [5.41, 5.74) is 0.573. The largest absolute Gasteiger partial charge is 0.356 e. The third kappa shape index (κ3) is 4.41. The van der Waals surface area contributed by atoms with Crippen LogP contribution < -0.4 is 10.0 Å². The molecule has 1 atom stereocenters. The predicted octanol–water partition coefficient (Wildman–Crippen LogP) is 2.82. The van der Waals surface area contributed by atoms with Gasteiger partial charge in [0.1, 0.15) is 0 Å². The quantitative estimate of drug-likeness (QED) is 0.826. The maximum absolute atomic E-state index is 12.8. The number of nitrogens with one attached hydrogen (secondary N) is 2. The molecule has 1 aliphatic heterocycles. The Labute approximate surface area is 154 Å². The lowest BCUT2D eigenvalue weighted by atomic mass is 9.78. The molecule has 1 aliphatic rings. The van der Waals surface area contributed by atoms with E-state index in [0.29, 0.717) is 17.9 Å². The van der Waals surface area contributed by atoms with Gasteiger partial charge in [-0.15, -0.1) is 12.4 Å². The zero-order valence-electron chi connectivity index (χ0n) is 14.4. The third-order valence-corrected chi connectivity index (χ3v) is 6.17. The molecule has 3 rings (SSSR count). The molecule has 138 valence electrons. The Morgan fingerprint density at radius 2 is 2.08 bits per heavy atom. The molecule has 0 radical (unpaired) electrons. The van der Waals surface area contributed by atoms with Crippen LogP contribution in [0.3, 0.4) is 0 Å². The molecule has 8 heteroatoms. The zero-order chi connectivity index (χ0) is 17.2. The lowest BCUT2D eigenvalue weighted by Crippen LogP contribution is -2.52. The second-order valence-corrected chi connectivity index (χ2v) is 8.56. The van der Waals surface area contributed by atoms with E-state index in [0.717, 1.165) is 19.4 Å². The molecule has 0 bridgehead atoms. The number of rotatable bonds is 5. The number of nitrogens with zero attached hydrogens (tertiary/aromatic N) is 1. The summed E-state index contributed by atoms with van der Waals surface area (Å²) in [6.45, 7) is 5.62. The lowest BCUT2D eigenvalue weighted by molar-refractivity contribution is 0.181. The number of piperidine rings is 1. The van der Waals surface area contributed by atoms with Crippen molar-refractivity contribution in [3.8, 4) is 11.3 Å². The van der Waals surface area contributed by atoms with Gasteiger partial charge in [-0.2, -0.15) is 0 Å². The molecular weight excluding hydrogens is 362 g/mol. The fourth-order valence-electron chi connectivity index (χ4n) is 3.15. The fraction of sp³-hybridized carbons (Fsp3) is 0.471. The minimum absolute atomic E-state index is 0. The van der Waals surface area contributed by atoms with Crippen molar-refractivity contribution in [2.75, 3.05) is 13.1 Å². The summed E-state index contributed by atoms with van der Waals surface area (Å²) >= 11 is 0. The molecule has 2 heterocycles. The molecule has 0 aliphatic carbocycles. The molecule has 2 aromatic rings. The summed E-state index contributed by atoms with van der Waals surface area (Å²) in [6, 6.07) is 8.55. The molecule has 1 fully saturated rings. The highest BCUT2D eigenvalue weighted by atomic mass is 35.5. The SMILES string of the molecule is CC1(C)CCCNC1CNS(=O)(=O)c1ccccc1-c1ccno1.Cl. The topological polar surface area (TPSA) is 84.2 Å². The maximum atomic E-state index is 12.8. The molecule has 1 aromatic carbocycles. The van der Waals surface area contributed by atoms with Gasteiger partial charge in [0.2, 0.25) is 10.0 Å². The van der Waals surface area contributed by atoms with Gasteiger partial charge in [0.05, 0.1) is 11.1 Å². The number of aromatic nitrogens is 1. The normalized spacial score (nSPS) is 20.0. The van der Waals surface area contributed by atoms with Crippen LogP contribution in [0, 0.1) is 5.41 Å². The van der Waals surface area contributed by atoms with E-state index in [2.05, 4.69) is 29.0 Å². The molecule has 0 amide bonds. The van der Waals surface area contributed by atoms with Crippen molar-refractivity contribution in [1.82, 2.24) is 15.2 Å². The Hall–Kier alpha value is -1.41. The standard InChI is InChI=1S/C17H23N3O3S.ClH/c1-17(2)9-5-10-18-16(17)12-20-24(21,22)15-7-4-3-6-13(15)14-8-11-19-23-14;/h3-4,6-8,11,16,18,20H,5,9-10,12H2,1-2H3;1H. The van der Waals surface area contributed by atoms with Crippen LogP contribution in [0.4, 0.5) is 0 Å².